The minimum Gasteiger partial charge on any atom is -0.462 e. The molecule has 6 atom stereocenters. The van der Waals surface area contributed by atoms with E-state index in [4.69, 9.17) is 37.0 Å². The van der Waals surface area contributed by atoms with Crippen LogP contribution in [0.1, 0.15) is 375 Å². The molecule has 3 N–H and O–H groups in total. The van der Waals surface area contributed by atoms with Crippen LogP contribution < -0.4 is 0 Å². The van der Waals surface area contributed by atoms with Gasteiger partial charge in [-0.25, -0.2) is 9.13 Å². The third-order valence-electron chi connectivity index (χ3n) is 17.1. The van der Waals surface area contributed by atoms with Crippen LogP contribution in [-0.2, 0) is 65.4 Å². The average molecular weight is 1340 g/mol. The molecule has 19 heteroatoms. The molecule has 0 aromatic heterocycles. The van der Waals surface area contributed by atoms with Gasteiger partial charge in [-0.1, -0.05) is 324 Å². The van der Waals surface area contributed by atoms with E-state index in [-0.39, 0.29) is 25.7 Å². The molecule has 0 amide bonds. The van der Waals surface area contributed by atoms with Gasteiger partial charge in [0.2, 0.25) is 0 Å². The van der Waals surface area contributed by atoms with Gasteiger partial charge in [-0.3, -0.25) is 37.3 Å². The topological polar surface area (TPSA) is 237 Å². The maximum absolute atomic E-state index is 13.0. The fraction of sp³-hybridized carbons (Fsp3) is 0.944. The van der Waals surface area contributed by atoms with Crippen LogP contribution in [0.15, 0.2) is 0 Å². The van der Waals surface area contributed by atoms with E-state index < -0.39 is 97.5 Å². The first-order valence-corrected chi connectivity index (χ1v) is 40.7. The van der Waals surface area contributed by atoms with Crippen molar-refractivity contribution in [2.75, 3.05) is 39.6 Å². The molecular weight excluding hydrogens is 1200 g/mol. The Balaban J connectivity index is 5.15. The molecule has 0 bridgehead atoms. The largest absolute Gasteiger partial charge is 0.472 e. The van der Waals surface area contributed by atoms with Crippen LogP contribution in [0.5, 0.6) is 0 Å². The summed E-state index contributed by atoms with van der Waals surface area (Å²) in [6.45, 7) is 7.23. The van der Waals surface area contributed by atoms with E-state index in [0.717, 1.165) is 102 Å². The molecule has 0 rings (SSSR count). The number of carbonyl (C=O) groups excluding carboxylic acids is 4. The predicted octanol–water partition coefficient (Wildman–Crippen LogP) is 20.9. The van der Waals surface area contributed by atoms with E-state index in [0.29, 0.717) is 25.7 Å². The lowest BCUT2D eigenvalue weighted by Crippen LogP contribution is -2.30. The van der Waals surface area contributed by atoms with E-state index in [1.54, 1.807) is 0 Å². The fourth-order valence-electron chi connectivity index (χ4n) is 11.0. The van der Waals surface area contributed by atoms with Crippen molar-refractivity contribution < 1.29 is 80.2 Å². The minimum absolute atomic E-state index is 0.107. The number of phosphoric acid groups is 2. The van der Waals surface area contributed by atoms with E-state index in [9.17, 15) is 43.2 Å². The van der Waals surface area contributed by atoms with Gasteiger partial charge in [0, 0.05) is 25.7 Å². The number of phosphoric ester groups is 2. The smallest absolute Gasteiger partial charge is 0.462 e. The molecule has 0 aromatic rings. The number of unbranched alkanes of at least 4 members (excludes halogenated alkanes) is 43. The zero-order valence-corrected chi connectivity index (χ0v) is 60.8. The Bertz CT molecular complexity index is 1760. The molecule has 0 aliphatic rings. The molecule has 0 radical (unpaired) electrons. The molecule has 0 aliphatic heterocycles. The van der Waals surface area contributed by atoms with Crippen LogP contribution in [0.2, 0.25) is 0 Å². The number of hydrogen-bond donors (Lipinski definition) is 3. The second-order valence-electron chi connectivity index (χ2n) is 26.2. The molecule has 0 aliphatic carbocycles. The summed E-state index contributed by atoms with van der Waals surface area (Å²) in [5.74, 6) is -1.28. The average Bonchev–Trinajstić information content (AvgIpc) is 3.28. The summed E-state index contributed by atoms with van der Waals surface area (Å²) in [7, 11) is -9.89. The third-order valence-corrected chi connectivity index (χ3v) is 19.0. The lowest BCUT2D eigenvalue weighted by Gasteiger charge is -2.21. The molecule has 3 unspecified atom stereocenters. The van der Waals surface area contributed by atoms with Crippen LogP contribution in [0, 0.1) is 5.92 Å². The van der Waals surface area contributed by atoms with Crippen LogP contribution >= 0.6 is 15.6 Å². The number of rotatable bonds is 72. The lowest BCUT2D eigenvalue weighted by molar-refractivity contribution is -0.161. The van der Waals surface area contributed by atoms with Crippen molar-refractivity contribution in [1.82, 2.24) is 0 Å². The van der Waals surface area contributed by atoms with Gasteiger partial charge in [0.1, 0.15) is 19.3 Å². The molecule has 540 valence electrons. The first-order valence-electron chi connectivity index (χ1n) is 37.7. The first kappa shape index (κ1) is 89.1. The zero-order valence-electron chi connectivity index (χ0n) is 59.0. The molecule has 0 spiro atoms. The Morgan fingerprint density at radius 1 is 0.308 bits per heavy atom. The monoisotopic (exact) mass is 1340 g/mol. The molecule has 0 heterocycles. The molecular formula is C72H140O17P2. The van der Waals surface area contributed by atoms with Gasteiger partial charge in [0.15, 0.2) is 12.2 Å². The molecule has 0 fully saturated rings. The maximum Gasteiger partial charge on any atom is 0.472 e. The van der Waals surface area contributed by atoms with Crippen LogP contribution in [-0.4, -0.2) is 96.7 Å². The quantitative estimate of drug-likeness (QED) is 0.0222. The van der Waals surface area contributed by atoms with E-state index in [2.05, 4.69) is 34.6 Å². The summed E-state index contributed by atoms with van der Waals surface area (Å²) in [6, 6.07) is 0. The third kappa shape index (κ3) is 65.1. The van der Waals surface area contributed by atoms with Crippen molar-refractivity contribution in [3.05, 3.63) is 0 Å². The van der Waals surface area contributed by atoms with Crippen molar-refractivity contribution >= 4 is 39.5 Å². The Kier molecular flexibility index (Phi) is 64.0. The Morgan fingerprint density at radius 3 is 0.780 bits per heavy atom. The molecule has 17 nitrogen and oxygen atoms in total. The van der Waals surface area contributed by atoms with Gasteiger partial charge in [-0.05, 0) is 31.6 Å². The second-order valence-corrected chi connectivity index (χ2v) is 29.1. The van der Waals surface area contributed by atoms with E-state index in [1.807, 2.05) is 0 Å². The van der Waals surface area contributed by atoms with Crippen LogP contribution in [0.4, 0.5) is 0 Å². The minimum atomic E-state index is -4.95. The van der Waals surface area contributed by atoms with Gasteiger partial charge in [0.05, 0.1) is 26.4 Å². The van der Waals surface area contributed by atoms with Gasteiger partial charge < -0.3 is 33.8 Å². The number of hydrogen-bond acceptors (Lipinski definition) is 15. The van der Waals surface area contributed by atoms with Gasteiger partial charge >= 0.3 is 39.5 Å². The van der Waals surface area contributed by atoms with Crippen LogP contribution in [0.3, 0.4) is 0 Å². The predicted molar refractivity (Wildman–Crippen MR) is 368 cm³/mol. The van der Waals surface area contributed by atoms with Crippen molar-refractivity contribution in [2.24, 2.45) is 5.92 Å². The summed E-state index contributed by atoms with van der Waals surface area (Å²) in [5.41, 5.74) is 0. The molecule has 0 saturated heterocycles. The highest BCUT2D eigenvalue weighted by Crippen LogP contribution is 2.45. The highest BCUT2D eigenvalue weighted by molar-refractivity contribution is 7.47. The number of carbonyl (C=O) groups is 4. The van der Waals surface area contributed by atoms with Crippen molar-refractivity contribution in [3.63, 3.8) is 0 Å². The number of aliphatic hydroxyl groups is 1. The molecule has 0 saturated carbocycles. The van der Waals surface area contributed by atoms with Crippen molar-refractivity contribution in [2.45, 2.75) is 393 Å². The van der Waals surface area contributed by atoms with Gasteiger partial charge in [-0.2, -0.15) is 0 Å². The lowest BCUT2D eigenvalue weighted by atomic mass is 9.99. The van der Waals surface area contributed by atoms with Crippen molar-refractivity contribution in [3.8, 4) is 0 Å². The summed E-state index contributed by atoms with van der Waals surface area (Å²) >= 11 is 0. The fourth-order valence-corrected chi connectivity index (χ4v) is 12.5. The molecule has 91 heavy (non-hydrogen) atoms. The second kappa shape index (κ2) is 65.4. The zero-order chi connectivity index (χ0) is 67.0. The summed E-state index contributed by atoms with van der Waals surface area (Å²) in [5, 5.41) is 10.6. The highest BCUT2D eigenvalue weighted by atomic mass is 31.2. The number of ether oxygens (including phenoxy) is 4. The highest BCUT2D eigenvalue weighted by Gasteiger charge is 2.30. The van der Waals surface area contributed by atoms with Gasteiger partial charge in [0.25, 0.3) is 0 Å². The normalized spacial score (nSPS) is 14.3. The maximum atomic E-state index is 13.0. The summed E-state index contributed by atoms with van der Waals surface area (Å²) in [6.07, 6.45) is 53.0. The standard InChI is InChI=1S/C72H140O17P2/c1-6-10-13-16-18-20-22-24-25-26-30-34-37-41-46-51-56-70(75)83-62-68(89-72(77)58-53-48-43-39-35-31-28-27-29-32-36-40-45-49-54-65(5)9-4)64-87-91(80,81)85-60-66(73)59-84-90(78,79)86-63-67(61-82-69(74)55-50-44-15-12-8-3)88-71(76)57-52-47-42-38-33-23-21-19-17-14-11-7-2/h65-68,73H,6-64H2,1-5H3,(H,78,79)(H,80,81)/t65?,66-,67+,68+/m0/s1. The van der Waals surface area contributed by atoms with Crippen molar-refractivity contribution in [1.29, 1.82) is 0 Å². The van der Waals surface area contributed by atoms with E-state index >= 15 is 0 Å². The van der Waals surface area contributed by atoms with Gasteiger partial charge in [-0.15, -0.1) is 0 Å². The Hall–Kier alpha value is -1.94. The molecule has 0 aromatic carbocycles. The Morgan fingerprint density at radius 2 is 0.527 bits per heavy atom. The Labute approximate surface area is 556 Å². The SMILES string of the molecule is CCCCCCCCCCCCCCCCCCC(=O)OC[C@H](COP(=O)(O)OC[C@@H](O)COP(=O)(O)OC[C@@H](COC(=O)CCCCCCC)OC(=O)CCCCCCCCCCCCCC)OC(=O)CCCCCCCCCCCCCCCCC(C)CC. The summed E-state index contributed by atoms with van der Waals surface area (Å²) < 4.78 is 68.2. The number of esters is 4. The van der Waals surface area contributed by atoms with Crippen LogP contribution in [0.25, 0.3) is 0 Å². The summed E-state index contributed by atoms with van der Waals surface area (Å²) in [4.78, 5) is 72.4. The first-order chi connectivity index (χ1) is 44.1. The van der Waals surface area contributed by atoms with E-state index in [1.165, 1.54) is 193 Å². The number of aliphatic hydroxyl groups excluding tert-OH is 1.